The molecule has 1 aromatic carbocycles. The lowest BCUT2D eigenvalue weighted by atomic mass is 10.0. The predicted octanol–water partition coefficient (Wildman–Crippen LogP) is 5.09. The molecule has 2 unspecified atom stereocenters. The fraction of sp³-hybridized carbons (Fsp3) is 0.667. The van der Waals surface area contributed by atoms with Crippen molar-refractivity contribution >= 4 is 0 Å². The third kappa shape index (κ3) is 6.04. The molecule has 120 valence electrons. The zero-order valence-electron chi connectivity index (χ0n) is 13.9. The molecule has 0 saturated heterocycles. The lowest BCUT2D eigenvalue weighted by Gasteiger charge is -2.20. The Morgan fingerprint density at radius 2 is 2.00 bits per heavy atom. The molecule has 0 radical (unpaired) electrons. The smallest absolute Gasteiger partial charge is 0.124 e. The summed E-state index contributed by atoms with van der Waals surface area (Å²) in [7, 11) is 0. The maximum atomic E-state index is 13.5. The van der Waals surface area contributed by atoms with E-state index in [1.165, 1.54) is 25.3 Å². The Hall–Kier alpha value is -1.09. The largest absolute Gasteiger partial charge is 0.493 e. The monoisotopic (exact) mass is 295 g/mol. The molecule has 0 saturated carbocycles. The summed E-state index contributed by atoms with van der Waals surface area (Å²) in [6.45, 7) is 10.1. The van der Waals surface area contributed by atoms with Crippen molar-refractivity contribution in [2.75, 3.05) is 13.2 Å². The summed E-state index contributed by atoms with van der Waals surface area (Å²) in [4.78, 5) is 0. The van der Waals surface area contributed by atoms with Crippen LogP contribution in [0.1, 0.15) is 65.0 Å². The number of halogens is 1. The highest BCUT2D eigenvalue weighted by molar-refractivity contribution is 5.36. The summed E-state index contributed by atoms with van der Waals surface area (Å²) < 4.78 is 19.5. The van der Waals surface area contributed by atoms with Crippen LogP contribution in [0.4, 0.5) is 4.39 Å². The SMILES string of the molecule is CCCCC(CC)COc1ccc(F)cc1C(C)NCC. The standard InChI is InChI=1S/C18H30FNO/c1-5-8-9-15(6-2)13-21-18-11-10-16(19)12-17(18)14(4)20-7-3/h10-12,14-15,20H,5-9,13H2,1-4H3. The second kappa shape index (κ2) is 9.78. The van der Waals surface area contributed by atoms with Crippen molar-refractivity contribution in [2.45, 2.75) is 59.4 Å². The van der Waals surface area contributed by atoms with Crippen molar-refractivity contribution in [3.63, 3.8) is 0 Å². The minimum absolute atomic E-state index is 0.0939. The van der Waals surface area contributed by atoms with Crippen LogP contribution in [-0.2, 0) is 0 Å². The number of benzene rings is 1. The molecular weight excluding hydrogens is 265 g/mol. The third-order valence-electron chi connectivity index (χ3n) is 3.97. The van der Waals surface area contributed by atoms with E-state index >= 15 is 0 Å². The van der Waals surface area contributed by atoms with Crippen molar-refractivity contribution in [1.82, 2.24) is 5.32 Å². The van der Waals surface area contributed by atoms with Crippen molar-refractivity contribution in [3.8, 4) is 5.75 Å². The minimum atomic E-state index is -0.208. The first-order valence-electron chi connectivity index (χ1n) is 8.27. The highest BCUT2D eigenvalue weighted by Crippen LogP contribution is 2.27. The Morgan fingerprint density at radius 1 is 1.24 bits per heavy atom. The number of nitrogens with one attached hydrogen (secondary N) is 1. The maximum absolute atomic E-state index is 13.5. The fourth-order valence-corrected chi connectivity index (χ4v) is 2.51. The Balaban J connectivity index is 2.72. The zero-order chi connectivity index (χ0) is 15.7. The molecule has 0 aromatic heterocycles. The summed E-state index contributed by atoms with van der Waals surface area (Å²) >= 11 is 0. The molecule has 0 aliphatic heterocycles. The summed E-state index contributed by atoms with van der Waals surface area (Å²) in [6, 6.07) is 4.90. The lowest BCUT2D eigenvalue weighted by Crippen LogP contribution is -2.19. The van der Waals surface area contributed by atoms with Crippen LogP contribution >= 0.6 is 0 Å². The molecule has 3 heteroatoms. The molecule has 0 amide bonds. The Kier molecular flexibility index (Phi) is 8.36. The predicted molar refractivity (Wildman–Crippen MR) is 87.3 cm³/mol. The molecule has 0 fully saturated rings. The summed E-state index contributed by atoms with van der Waals surface area (Å²) in [5, 5.41) is 3.32. The molecule has 0 heterocycles. The molecule has 1 aromatic rings. The lowest BCUT2D eigenvalue weighted by molar-refractivity contribution is 0.230. The second-order valence-electron chi connectivity index (χ2n) is 5.69. The van der Waals surface area contributed by atoms with Gasteiger partial charge in [-0.25, -0.2) is 4.39 Å². The van der Waals surface area contributed by atoms with E-state index in [0.717, 1.165) is 24.3 Å². The van der Waals surface area contributed by atoms with Gasteiger partial charge < -0.3 is 10.1 Å². The number of hydrogen-bond acceptors (Lipinski definition) is 2. The zero-order valence-corrected chi connectivity index (χ0v) is 13.9. The van der Waals surface area contributed by atoms with E-state index in [0.29, 0.717) is 12.5 Å². The molecule has 2 nitrogen and oxygen atoms in total. The van der Waals surface area contributed by atoms with Crippen LogP contribution in [0, 0.1) is 11.7 Å². The van der Waals surface area contributed by atoms with Crippen LogP contribution in [-0.4, -0.2) is 13.2 Å². The van der Waals surface area contributed by atoms with Gasteiger partial charge in [0.05, 0.1) is 6.61 Å². The molecular formula is C18H30FNO. The van der Waals surface area contributed by atoms with Gasteiger partial charge in [-0.3, -0.25) is 0 Å². The topological polar surface area (TPSA) is 21.3 Å². The van der Waals surface area contributed by atoms with Crippen LogP contribution in [0.3, 0.4) is 0 Å². The third-order valence-corrected chi connectivity index (χ3v) is 3.97. The first kappa shape index (κ1) is 18.0. The van der Waals surface area contributed by atoms with E-state index in [9.17, 15) is 4.39 Å². The summed E-state index contributed by atoms with van der Waals surface area (Å²) in [5.74, 6) is 1.18. The average molecular weight is 295 g/mol. The molecule has 0 aliphatic rings. The quantitative estimate of drug-likeness (QED) is 0.649. The van der Waals surface area contributed by atoms with E-state index in [2.05, 4.69) is 19.2 Å². The molecule has 21 heavy (non-hydrogen) atoms. The van der Waals surface area contributed by atoms with Gasteiger partial charge in [0.15, 0.2) is 0 Å². The average Bonchev–Trinajstić information content (AvgIpc) is 2.48. The van der Waals surface area contributed by atoms with E-state index in [4.69, 9.17) is 4.74 Å². The highest BCUT2D eigenvalue weighted by atomic mass is 19.1. The van der Waals surface area contributed by atoms with E-state index in [1.807, 2.05) is 13.8 Å². The van der Waals surface area contributed by atoms with Crippen LogP contribution in [0.2, 0.25) is 0 Å². The van der Waals surface area contributed by atoms with Crippen LogP contribution in [0.15, 0.2) is 18.2 Å². The van der Waals surface area contributed by atoms with Gasteiger partial charge in [-0.05, 0) is 44.0 Å². The number of ether oxygens (including phenoxy) is 1. The Bertz CT molecular complexity index is 408. The van der Waals surface area contributed by atoms with Crippen molar-refractivity contribution in [3.05, 3.63) is 29.6 Å². The molecule has 0 spiro atoms. The highest BCUT2D eigenvalue weighted by Gasteiger charge is 2.14. The first-order chi connectivity index (χ1) is 10.1. The summed E-state index contributed by atoms with van der Waals surface area (Å²) in [5.41, 5.74) is 0.905. The van der Waals surface area contributed by atoms with Gasteiger partial charge >= 0.3 is 0 Å². The van der Waals surface area contributed by atoms with Crippen LogP contribution in [0.5, 0.6) is 5.75 Å². The van der Waals surface area contributed by atoms with Crippen LogP contribution < -0.4 is 10.1 Å². The molecule has 2 atom stereocenters. The van der Waals surface area contributed by atoms with Gasteiger partial charge in [-0.15, -0.1) is 0 Å². The van der Waals surface area contributed by atoms with E-state index in [-0.39, 0.29) is 11.9 Å². The van der Waals surface area contributed by atoms with Crippen molar-refractivity contribution < 1.29 is 9.13 Å². The Labute approximate surface area is 129 Å². The van der Waals surface area contributed by atoms with Gasteiger partial charge in [0.2, 0.25) is 0 Å². The van der Waals surface area contributed by atoms with Crippen molar-refractivity contribution in [1.29, 1.82) is 0 Å². The minimum Gasteiger partial charge on any atom is -0.493 e. The van der Waals surface area contributed by atoms with E-state index < -0.39 is 0 Å². The van der Waals surface area contributed by atoms with E-state index in [1.54, 1.807) is 12.1 Å². The number of hydrogen-bond donors (Lipinski definition) is 1. The van der Waals surface area contributed by atoms with Gasteiger partial charge in [-0.1, -0.05) is 40.0 Å². The molecule has 1 rings (SSSR count). The molecule has 1 N–H and O–H groups in total. The molecule has 0 bridgehead atoms. The Morgan fingerprint density at radius 3 is 2.62 bits per heavy atom. The summed E-state index contributed by atoms with van der Waals surface area (Å²) in [6.07, 6.45) is 4.78. The number of rotatable bonds is 10. The van der Waals surface area contributed by atoms with Crippen LogP contribution in [0.25, 0.3) is 0 Å². The first-order valence-corrected chi connectivity index (χ1v) is 8.27. The normalized spacial score (nSPS) is 14.0. The van der Waals surface area contributed by atoms with Gasteiger partial charge in [0.1, 0.15) is 11.6 Å². The number of unbranched alkanes of at least 4 members (excludes halogenated alkanes) is 1. The van der Waals surface area contributed by atoms with Gasteiger partial charge in [0.25, 0.3) is 0 Å². The maximum Gasteiger partial charge on any atom is 0.124 e. The molecule has 0 aliphatic carbocycles. The van der Waals surface area contributed by atoms with Gasteiger partial charge in [0, 0.05) is 11.6 Å². The van der Waals surface area contributed by atoms with Crippen molar-refractivity contribution in [2.24, 2.45) is 5.92 Å². The second-order valence-corrected chi connectivity index (χ2v) is 5.69. The fourth-order valence-electron chi connectivity index (χ4n) is 2.51. The van der Waals surface area contributed by atoms with Gasteiger partial charge in [-0.2, -0.15) is 0 Å².